The van der Waals surface area contributed by atoms with Crippen LogP contribution in [0, 0.1) is 11.3 Å². The van der Waals surface area contributed by atoms with Gasteiger partial charge in [0, 0.05) is 18.4 Å². The van der Waals surface area contributed by atoms with Crippen molar-refractivity contribution in [2.75, 3.05) is 0 Å². The fourth-order valence-electron chi connectivity index (χ4n) is 1.76. The number of hydrogen-bond donors (Lipinski definition) is 1. The number of nitrogens with one attached hydrogen (secondary N) is 1. The molecule has 0 bridgehead atoms. The van der Waals surface area contributed by atoms with Crippen molar-refractivity contribution in [1.29, 1.82) is 5.26 Å². The second-order valence-corrected chi connectivity index (χ2v) is 6.50. The Labute approximate surface area is 128 Å². The zero-order valence-electron chi connectivity index (χ0n) is 11.1. The molecule has 0 aliphatic carbocycles. The first kappa shape index (κ1) is 15.4. The summed E-state index contributed by atoms with van der Waals surface area (Å²) in [6.45, 7) is 1.72. The van der Waals surface area contributed by atoms with E-state index >= 15 is 0 Å². The maximum atomic E-state index is 12.3. The van der Waals surface area contributed by atoms with Gasteiger partial charge in [0.25, 0.3) is 0 Å². The first-order valence-corrected chi connectivity index (χ1v) is 7.92. The molecule has 0 aliphatic rings. The van der Waals surface area contributed by atoms with Gasteiger partial charge in [-0.1, -0.05) is 17.7 Å². The van der Waals surface area contributed by atoms with Crippen LogP contribution in [-0.4, -0.2) is 13.4 Å². The third kappa shape index (κ3) is 3.58. The molecule has 0 fully saturated rings. The molecular formula is C14H12ClN3O2S. The predicted molar refractivity (Wildman–Crippen MR) is 79.1 cm³/mol. The van der Waals surface area contributed by atoms with Crippen LogP contribution in [0.1, 0.15) is 24.1 Å². The van der Waals surface area contributed by atoms with Crippen molar-refractivity contribution < 1.29 is 8.42 Å². The van der Waals surface area contributed by atoms with E-state index in [0.717, 1.165) is 5.56 Å². The van der Waals surface area contributed by atoms with Gasteiger partial charge in [0.15, 0.2) is 0 Å². The summed E-state index contributed by atoms with van der Waals surface area (Å²) in [5, 5.41) is 9.13. The maximum Gasteiger partial charge on any atom is 0.241 e. The van der Waals surface area contributed by atoms with Crippen LogP contribution in [0.2, 0.25) is 5.02 Å². The summed E-state index contributed by atoms with van der Waals surface area (Å²) in [5.41, 5.74) is 0.865. The van der Waals surface area contributed by atoms with Crippen molar-refractivity contribution in [2.45, 2.75) is 17.9 Å². The molecule has 5 nitrogen and oxygen atoms in total. The molecule has 0 saturated heterocycles. The molecule has 0 unspecified atom stereocenters. The molecule has 1 N–H and O–H groups in total. The fourth-order valence-corrected chi connectivity index (χ4v) is 3.18. The third-order valence-corrected chi connectivity index (χ3v) is 4.75. The second-order valence-electron chi connectivity index (χ2n) is 4.38. The zero-order valence-corrected chi connectivity index (χ0v) is 12.7. The summed E-state index contributed by atoms with van der Waals surface area (Å²) >= 11 is 5.80. The Kier molecular flexibility index (Phi) is 4.58. The van der Waals surface area contributed by atoms with Gasteiger partial charge in [0.1, 0.15) is 6.07 Å². The van der Waals surface area contributed by atoms with Crippen LogP contribution in [0.4, 0.5) is 0 Å². The van der Waals surface area contributed by atoms with Gasteiger partial charge < -0.3 is 0 Å². The van der Waals surface area contributed by atoms with Gasteiger partial charge in [-0.3, -0.25) is 4.98 Å². The van der Waals surface area contributed by atoms with E-state index in [-0.39, 0.29) is 15.5 Å². The first-order chi connectivity index (χ1) is 9.94. The zero-order chi connectivity index (χ0) is 15.5. The minimum atomic E-state index is -3.74. The van der Waals surface area contributed by atoms with E-state index in [1.54, 1.807) is 31.5 Å². The van der Waals surface area contributed by atoms with E-state index in [0.29, 0.717) is 0 Å². The van der Waals surface area contributed by atoms with Crippen LogP contribution >= 0.6 is 11.6 Å². The number of benzene rings is 1. The molecule has 1 aromatic heterocycles. The third-order valence-electron chi connectivity index (χ3n) is 2.88. The van der Waals surface area contributed by atoms with Gasteiger partial charge in [0.05, 0.1) is 15.5 Å². The summed E-state index contributed by atoms with van der Waals surface area (Å²) < 4.78 is 27.2. The lowest BCUT2D eigenvalue weighted by Gasteiger charge is -2.14. The molecule has 108 valence electrons. The molecule has 0 saturated carbocycles. The van der Waals surface area contributed by atoms with Crippen molar-refractivity contribution in [3.05, 3.63) is 58.9 Å². The number of nitrogens with zero attached hydrogens (tertiary/aromatic N) is 2. The van der Waals surface area contributed by atoms with E-state index in [1.165, 1.54) is 18.2 Å². The average molecular weight is 322 g/mol. The number of hydrogen-bond acceptors (Lipinski definition) is 4. The van der Waals surface area contributed by atoms with Crippen molar-refractivity contribution in [1.82, 2.24) is 9.71 Å². The smallest absolute Gasteiger partial charge is 0.241 e. The Morgan fingerprint density at radius 2 is 2.14 bits per heavy atom. The second kappa shape index (κ2) is 6.22. The van der Waals surface area contributed by atoms with E-state index in [1.807, 2.05) is 6.07 Å². The van der Waals surface area contributed by atoms with Crippen molar-refractivity contribution in [2.24, 2.45) is 0 Å². The van der Waals surface area contributed by atoms with E-state index in [2.05, 4.69) is 9.71 Å². The summed E-state index contributed by atoms with van der Waals surface area (Å²) in [5.74, 6) is 0. The number of halogens is 1. The molecule has 1 heterocycles. The van der Waals surface area contributed by atoms with Gasteiger partial charge in [-0.15, -0.1) is 0 Å². The molecule has 0 amide bonds. The maximum absolute atomic E-state index is 12.3. The largest absolute Gasteiger partial charge is 0.264 e. The molecule has 21 heavy (non-hydrogen) atoms. The Morgan fingerprint density at radius 3 is 2.76 bits per heavy atom. The van der Waals surface area contributed by atoms with E-state index in [4.69, 9.17) is 16.9 Å². The van der Waals surface area contributed by atoms with Gasteiger partial charge in [-0.05, 0) is 36.8 Å². The summed E-state index contributed by atoms with van der Waals surface area (Å²) in [7, 11) is -3.74. The first-order valence-electron chi connectivity index (χ1n) is 6.06. The van der Waals surface area contributed by atoms with Crippen molar-refractivity contribution in [3.8, 4) is 6.07 Å². The minimum Gasteiger partial charge on any atom is -0.264 e. The lowest BCUT2D eigenvalue weighted by molar-refractivity contribution is 0.566. The molecule has 0 spiro atoms. The van der Waals surface area contributed by atoms with Gasteiger partial charge >= 0.3 is 0 Å². The SMILES string of the molecule is C[C@H](NS(=O)(=O)c1ccc(Cl)c(C#N)c1)c1cccnc1. The van der Waals surface area contributed by atoms with Crippen LogP contribution in [0.25, 0.3) is 0 Å². The highest BCUT2D eigenvalue weighted by Crippen LogP contribution is 2.21. The number of rotatable bonds is 4. The quantitative estimate of drug-likeness (QED) is 0.938. The van der Waals surface area contributed by atoms with Crippen LogP contribution in [0.3, 0.4) is 0 Å². The molecule has 2 aromatic rings. The summed E-state index contributed by atoms with van der Waals surface area (Å²) in [4.78, 5) is 3.95. The van der Waals surface area contributed by atoms with Gasteiger partial charge in [-0.25, -0.2) is 13.1 Å². The number of nitriles is 1. The van der Waals surface area contributed by atoms with E-state index < -0.39 is 16.1 Å². The Bertz CT molecular complexity index is 786. The van der Waals surface area contributed by atoms with Crippen LogP contribution in [-0.2, 0) is 10.0 Å². The average Bonchev–Trinajstić information content (AvgIpc) is 2.48. The molecular weight excluding hydrogens is 310 g/mol. The number of pyridine rings is 1. The fraction of sp³-hybridized carbons (Fsp3) is 0.143. The highest BCUT2D eigenvalue weighted by atomic mass is 35.5. The molecule has 0 aliphatic heterocycles. The van der Waals surface area contributed by atoms with Crippen LogP contribution in [0.5, 0.6) is 0 Å². The minimum absolute atomic E-state index is 0.000750. The number of sulfonamides is 1. The topological polar surface area (TPSA) is 82.9 Å². The highest BCUT2D eigenvalue weighted by molar-refractivity contribution is 7.89. The monoisotopic (exact) mass is 321 g/mol. The summed E-state index contributed by atoms with van der Waals surface area (Å²) in [6.07, 6.45) is 3.21. The Hall–Kier alpha value is -1.94. The Morgan fingerprint density at radius 1 is 1.38 bits per heavy atom. The normalized spacial score (nSPS) is 12.6. The van der Waals surface area contributed by atoms with E-state index in [9.17, 15) is 8.42 Å². The lowest BCUT2D eigenvalue weighted by atomic mass is 10.2. The summed E-state index contributed by atoms with van der Waals surface area (Å²) in [6, 6.07) is 8.94. The Balaban J connectivity index is 2.29. The molecule has 7 heteroatoms. The number of aromatic nitrogens is 1. The molecule has 2 rings (SSSR count). The van der Waals surface area contributed by atoms with Gasteiger partial charge in [-0.2, -0.15) is 5.26 Å². The van der Waals surface area contributed by atoms with Crippen LogP contribution in [0.15, 0.2) is 47.6 Å². The molecule has 1 aromatic carbocycles. The molecule has 1 atom stereocenters. The molecule has 0 radical (unpaired) electrons. The lowest BCUT2D eigenvalue weighted by Crippen LogP contribution is -2.27. The van der Waals surface area contributed by atoms with Crippen molar-refractivity contribution >= 4 is 21.6 Å². The van der Waals surface area contributed by atoms with Crippen molar-refractivity contribution in [3.63, 3.8) is 0 Å². The van der Waals surface area contributed by atoms with Crippen LogP contribution < -0.4 is 4.72 Å². The highest BCUT2D eigenvalue weighted by Gasteiger charge is 2.19. The van der Waals surface area contributed by atoms with Gasteiger partial charge in [0.2, 0.25) is 10.0 Å². The standard InChI is InChI=1S/C14H12ClN3O2S/c1-10(11-3-2-6-17-9-11)18-21(19,20)13-4-5-14(15)12(7-13)8-16/h2-7,9-10,18H,1H3/t10-/m0/s1. The predicted octanol–water partition coefficient (Wildman–Crippen LogP) is 2.65.